The van der Waals surface area contributed by atoms with E-state index in [0.29, 0.717) is 0 Å². The van der Waals surface area contributed by atoms with Crippen LogP contribution < -0.4 is 5.32 Å². The predicted molar refractivity (Wildman–Crippen MR) is 58.3 cm³/mol. The third-order valence-corrected chi connectivity index (χ3v) is 2.85. The largest absolute Gasteiger partial charge is 0.317 e. The van der Waals surface area contributed by atoms with Crippen LogP contribution in [-0.4, -0.2) is 18.1 Å². The third kappa shape index (κ3) is 4.39. The third-order valence-electron chi connectivity index (χ3n) is 1.87. The van der Waals surface area contributed by atoms with E-state index in [1.807, 2.05) is 17.5 Å². The fourth-order valence-corrected chi connectivity index (χ4v) is 2.05. The van der Waals surface area contributed by atoms with E-state index in [4.69, 9.17) is 0 Å². The zero-order chi connectivity index (χ0) is 9.52. The van der Waals surface area contributed by atoms with Gasteiger partial charge in [-0.25, -0.2) is 4.98 Å². The summed E-state index contributed by atoms with van der Waals surface area (Å²) in [6.45, 7) is 6.52. The van der Waals surface area contributed by atoms with Crippen molar-refractivity contribution in [2.75, 3.05) is 13.1 Å². The van der Waals surface area contributed by atoms with Crippen molar-refractivity contribution in [3.05, 3.63) is 16.1 Å². The average Bonchev–Trinajstić information content (AvgIpc) is 2.51. The first-order chi connectivity index (χ1) is 6.33. The summed E-state index contributed by atoms with van der Waals surface area (Å²) in [4.78, 5) is 5.64. The van der Waals surface area contributed by atoms with Crippen LogP contribution in [0.15, 0.2) is 6.20 Å². The van der Waals surface area contributed by atoms with E-state index in [0.717, 1.165) is 13.1 Å². The topological polar surface area (TPSA) is 24.9 Å². The van der Waals surface area contributed by atoms with Crippen LogP contribution in [0.1, 0.15) is 29.7 Å². The number of rotatable bonds is 6. The SMILES string of the molecule is CCCNCCCc1cnc(C)s1. The van der Waals surface area contributed by atoms with E-state index in [1.165, 1.54) is 29.1 Å². The smallest absolute Gasteiger partial charge is 0.0896 e. The fraction of sp³-hybridized carbons (Fsp3) is 0.700. The van der Waals surface area contributed by atoms with E-state index in [-0.39, 0.29) is 0 Å². The Balaban J connectivity index is 2.06. The van der Waals surface area contributed by atoms with Crippen LogP contribution in [0, 0.1) is 6.92 Å². The first-order valence-corrected chi connectivity index (χ1v) is 5.76. The van der Waals surface area contributed by atoms with Crippen LogP contribution in [0.3, 0.4) is 0 Å². The van der Waals surface area contributed by atoms with Crippen LogP contribution in [0.25, 0.3) is 0 Å². The molecule has 0 aromatic carbocycles. The number of hydrogen-bond acceptors (Lipinski definition) is 3. The van der Waals surface area contributed by atoms with Gasteiger partial charge in [-0.15, -0.1) is 11.3 Å². The Morgan fingerprint density at radius 3 is 2.92 bits per heavy atom. The number of aromatic nitrogens is 1. The van der Waals surface area contributed by atoms with Gasteiger partial charge in [-0.2, -0.15) is 0 Å². The summed E-state index contributed by atoms with van der Waals surface area (Å²) in [7, 11) is 0. The molecule has 0 fully saturated rings. The maximum atomic E-state index is 4.23. The minimum atomic E-state index is 1.13. The summed E-state index contributed by atoms with van der Waals surface area (Å²) in [5.41, 5.74) is 0. The van der Waals surface area contributed by atoms with Gasteiger partial charge in [0.2, 0.25) is 0 Å². The highest BCUT2D eigenvalue weighted by atomic mass is 32.1. The molecule has 1 aromatic heterocycles. The van der Waals surface area contributed by atoms with Crippen LogP contribution in [0.5, 0.6) is 0 Å². The van der Waals surface area contributed by atoms with Crippen molar-refractivity contribution in [3.8, 4) is 0 Å². The number of hydrogen-bond donors (Lipinski definition) is 1. The molecule has 1 aromatic rings. The second-order valence-electron chi connectivity index (χ2n) is 3.20. The monoisotopic (exact) mass is 198 g/mol. The van der Waals surface area contributed by atoms with Crippen molar-refractivity contribution < 1.29 is 0 Å². The van der Waals surface area contributed by atoms with Gasteiger partial charge in [0.25, 0.3) is 0 Å². The quantitative estimate of drug-likeness (QED) is 0.710. The van der Waals surface area contributed by atoms with Crippen LogP contribution >= 0.6 is 11.3 Å². The fourth-order valence-electron chi connectivity index (χ4n) is 1.21. The molecule has 1 rings (SSSR count). The normalized spacial score (nSPS) is 10.6. The Kier molecular flexibility index (Phi) is 5.01. The van der Waals surface area contributed by atoms with Crippen molar-refractivity contribution in [1.29, 1.82) is 0 Å². The molecule has 13 heavy (non-hydrogen) atoms. The number of thiazole rings is 1. The molecule has 0 atom stereocenters. The molecule has 1 N–H and O–H groups in total. The summed E-state index contributed by atoms with van der Waals surface area (Å²) in [6.07, 6.45) is 5.61. The lowest BCUT2D eigenvalue weighted by molar-refractivity contribution is 0.642. The van der Waals surface area contributed by atoms with Gasteiger partial charge in [-0.05, 0) is 39.3 Å². The first kappa shape index (κ1) is 10.7. The van der Waals surface area contributed by atoms with Gasteiger partial charge in [-0.3, -0.25) is 0 Å². The molecule has 0 saturated carbocycles. The van der Waals surface area contributed by atoms with E-state index in [1.54, 1.807) is 0 Å². The molecule has 1 heterocycles. The Morgan fingerprint density at radius 2 is 2.31 bits per heavy atom. The zero-order valence-corrected chi connectivity index (χ0v) is 9.28. The minimum absolute atomic E-state index is 1.13. The maximum absolute atomic E-state index is 4.23. The van der Waals surface area contributed by atoms with Gasteiger partial charge in [0.1, 0.15) is 0 Å². The molecule has 0 amide bonds. The molecule has 0 radical (unpaired) electrons. The van der Waals surface area contributed by atoms with Crippen LogP contribution in [-0.2, 0) is 6.42 Å². The lowest BCUT2D eigenvalue weighted by Gasteiger charge is -2.00. The molecule has 0 aliphatic heterocycles. The summed E-state index contributed by atoms with van der Waals surface area (Å²) in [6, 6.07) is 0. The Morgan fingerprint density at radius 1 is 1.46 bits per heavy atom. The zero-order valence-electron chi connectivity index (χ0n) is 8.47. The first-order valence-electron chi connectivity index (χ1n) is 4.95. The molecule has 0 aliphatic carbocycles. The van der Waals surface area contributed by atoms with Crippen molar-refractivity contribution in [2.45, 2.75) is 33.1 Å². The van der Waals surface area contributed by atoms with Crippen molar-refractivity contribution >= 4 is 11.3 Å². The lowest BCUT2D eigenvalue weighted by atomic mass is 10.3. The van der Waals surface area contributed by atoms with Crippen molar-refractivity contribution in [2.24, 2.45) is 0 Å². The number of aryl methyl sites for hydroxylation is 2. The summed E-state index contributed by atoms with van der Waals surface area (Å²) in [5.74, 6) is 0. The van der Waals surface area contributed by atoms with Gasteiger partial charge in [0, 0.05) is 11.1 Å². The van der Waals surface area contributed by atoms with Gasteiger partial charge >= 0.3 is 0 Å². The van der Waals surface area contributed by atoms with E-state index in [2.05, 4.69) is 24.1 Å². The Labute approximate surface area is 84.4 Å². The van der Waals surface area contributed by atoms with Gasteiger partial charge < -0.3 is 5.32 Å². The summed E-state index contributed by atoms with van der Waals surface area (Å²) >= 11 is 1.81. The highest BCUT2D eigenvalue weighted by Crippen LogP contribution is 2.12. The molecule has 0 aliphatic rings. The standard InChI is InChI=1S/C10H18N2S/c1-3-6-11-7-4-5-10-8-12-9(2)13-10/h8,11H,3-7H2,1-2H3. The average molecular weight is 198 g/mol. The Hall–Kier alpha value is -0.410. The van der Waals surface area contributed by atoms with Gasteiger partial charge in [-0.1, -0.05) is 6.92 Å². The summed E-state index contributed by atoms with van der Waals surface area (Å²) < 4.78 is 0. The highest BCUT2D eigenvalue weighted by Gasteiger charge is 1.96. The predicted octanol–water partition coefficient (Wildman–Crippen LogP) is 2.38. The Bertz CT molecular complexity index is 233. The van der Waals surface area contributed by atoms with Crippen molar-refractivity contribution in [3.63, 3.8) is 0 Å². The second-order valence-corrected chi connectivity index (χ2v) is 4.52. The van der Waals surface area contributed by atoms with Gasteiger partial charge in [0.05, 0.1) is 5.01 Å². The molecule has 0 unspecified atom stereocenters. The molecule has 2 nitrogen and oxygen atoms in total. The second kappa shape index (κ2) is 6.11. The molecule has 0 bridgehead atoms. The highest BCUT2D eigenvalue weighted by molar-refractivity contribution is 7.11. The molecule has 0 saturated heterocycles. The van der Waals surface area contributed by atoms with E-state index in [9.17, 15) is 0 Å². The van der Waals surface area contributed by atoms with E-state index < -0.39 is 0 Å². The maximum Gasteiger partial charge on any atom is 0.0896 e. The molecule has 0 spiro atoms. The van der Waals surface area contributed by atoms with Gasteiger partial charge in [0.15, 0.2) is 0 Å². The van der Waals surface area contributed by atoms with Crippen molar-refractivity contribution in [1.82, 2.24) is 10.3 Å². The molecular formula is C10H18N2S. The van der Waals surface area contributed by atoms with Crippen LogP contribution in [0.2, 0.25) is 0 Å². The minimum Gasteiger partial charge on any atom is -0.317 e. The lowest BCUT2D eigenvalue weighted by Crippen LogP contribution is -2.16. The summed E-state index contributed by atoms with van der Waals surface area (Å²) in [5, 5.41) is 4.57. The van der Waals surface area contributed by atoms with E-state index >= 15 is 0 Å². The molecule has 3 heteroatoms. The number of nitrogens with zero attached hydrogens (tertiary/aromatic N) is 1. The number of nitrogens with one attached hydrogen (secondary N) is 1. The molecule has 74 valence electrons. The molecular weight excluding hydrogens is 180 g/mol. The van der Waals surface area contributed by atoms with Crippen LogP contribution in [0.4, 0.5) is 0 Å².